The summed E-state index contributed by atoms with van der Waals surface area (Å²) in [4.78, 5) is 4.99. The Morgan fingerprint density at radius 3 is 2.04 bits per heavy atom. The number of para-hydroxylation sites is 1. The maximum absolute atomic E-state index is 6.41. The van der Waals surface area contributed by atoms with E-state index in [0.717, 1.165) is 89.9 Å². The first-order valence-electron chi connectivity index (χ1n) is 17.1. The third-order valence-corrected chi connectivity index (χ3v) is 10.3. The molecular weight excluding hydrogens is 611 g/mol. The summed E-state index contributed by atoms with van der Waals surface area (Å²) < 4.78 is 12.7. The van der Waals surface area contributed by atoms with Crippen LogP contribution < -0.4 is 0 Å². The SMILES string of the molecule is C=Cc1c(C=C)c(-c2ccc3nc4oc5ccc6c7ccccc7oc6c5c4cc3c2)c2ccccc2c1-c1ccc(C2=CC=CCC2)cc1. The highest BCUT2D eigenvalue weighted by molar-refractivity contribution is 6.22. The van der Waals surface area contributed by atoms with Crippen LogP contribution in [-0.2, 0) is 0 Å². The molecule has 9 aromatic rings. The molecule has 0 unspecified atom stereocenters. The molecule has 3 heterocycles. The average Bonchev–Trinajstić information content (AvgIpc) is 3.74. The van der Waals surface area contributed by atoms with E-state index in [2.05, 4.69) is 116 Å². The zero-order valence-electron chi connectivity index (χ0n) is 27.4. The Hall–Kier alpha value is -6.45. The molecule has 0 saturated carbocycles. The molecule has 236 valence electrons. The molecular formula is C47H31NO2. The van der Waals surface area contributed by atoms with Crippen molar-refractivity contribution >= 4 is 83.4 Å². The summed E-state index contributed by atoms with van der Waals surface area (Å²) in [5.41, 5.74) is 13.3. The molecule has 10 rings (SSSR count). The fourth-order valence-electron chi connectivity index (χ4n) is 8.01. The predicted octanol–water partition coefficient (Wildman–Crippen LogP) is 13.5. The van der Waals surface area contributed by atoms with Crippen LogP contribution in [-0.4, -0.2) is 4.98 Å². The molecule has 0 amide bonds. The van der Waals surface area contributed by atoms with Crippen LogP contribution in [0.1, 0.15) is 29.5 Å². The molecule has 0 fully saturated rings. The lowest BCUT2D eigenvalue weighted by atomic mass is 9.83. The maximum atomic E-state index is 6.41. The lowest BCUT2D eigenvalue weighted by molar-refractivity contribution is 0.653. The normalized spacial score (nSPS) is 13.2. The van der Waals surface area contributed by atoms with Gasteiger partial charge in [0.15, 0.2) is 0 Å². The van der Waals surface area contributed by atoms with E-state index in [0.29, 0.717) is 5.71 Å². The number of hydrogen-bond donors (Lipinski definition) is 0. The molecule has 0 bridgehead atoms. The molecule has 0 saturated heterocycles. The van der Waals surface area contributed by atoms with Crippen LogP contribution in [0.3, 0.4) is 0 Å². The summed E-state index contributed by atoms with van der Waals surface area (Å²) in [6, 6.07) is 38.6. The minimum Gasteiger partial charge on any atom is -0.455 e. The van der Waals surface area contributed by atoms with E-state index < -0.39 is 0 Å². The maximum Gasteiger partial charge on any atom is 0.228 e. The van der Waals surface area contributed by atoms with Gasteiger partial charge in [-0.1, -0.05) is 116 Å². The van der Waals surface area contributed by atoms with Crippen LogP contribution in [0, 0.1) is 0 Å². The van der Waals surface area contributed by atoms with Crippen molar-refractivity contribution < 1.29 is 8.83 Å². The predicted molar refractivity (Wildman–Crippen MR) is 211 cm³/mol. The Kier molecular flexibility index (Phi) is 6.31. The topological polar surface area (TPSA) is 39.2 Å². The lowest BCUT2D eigenvalue weighted by Gasteiger charge is -2.20. The Morgan fingerprint density at radius 1 is 0.600 bits per heavy atom. The van der Waals surface area contributed by atoms with Gasteiger partial charge in [0.25, 0.3) is 0 Å². The molecule has 1 aliphatic rings. The molecule has 3 nitrogen and oxygen atoms in total. The van der Waals surface area contributed by atoms with Crippen molar-refractivity contribution in [1.82, 2.24) is 4.98 Å². The smallest absolute Gasteiger partial charge is 0.228 e. The fraction of sp³-hybridized carbons (Fsp3) is 0.0426. The summed E-state index contributed by atoms with van der Waals surface area (Å²) >= 11 is 0. The number of benzene rings is 6. The average molecular weight is 642 g/mol. The number of aromatic nitrogens is 1. The first kappa shape index (κ1) is 28.6. The van der Waals surface area contributed by atoms with Crippen molar-refractivity contribution in [3.05, 3.63) is 157 Å². The van der Waals surface area contributed by atoms with Crippen LogP contribution >= 0.6 is 0 Å². The number of allylic oxidation sites excluding steroid dienone is 4. The van der Waals surface area contributed by atoms with Gasteiger partial charge in [0.2, 0.25) is 5.71 Å². The third-order valence-electron chi connectivity index (χ3n) is 10.3. The molecule has 3 heteroatoms. The number of pyridine rings is 1. The molecule has 0 radical (unpaired) electrons. The summed E-state index contributed by atoms with van der Waals surface area (Å²) in [6.07, 6.45) is 12.7. The second kappa shape index (κ2) is 11.0. The van der Waals surface area contributed by atoms with Gasteiger partial charge in [0.05, 0.1) is 16.3 Å². The number of hydrogen-bond acceptors (Lipinski definition) is 3. The lowest BCUT2D eigenvalue weighted by Crippen LogP contribution is -1.96. The largest absolute Gasteiger partial charge is 0.455 e. The van der Waals surface area contributed by atoms with Crippen molar-refractivity contribution in [3.8, 4) is 22.3 Å². The quantitative estimate of drug-likeness (QED) is 0.188. The van der Waals surface area contributed by atoms with E-state index in [1.807, 2.05) is 36.4 Å². The van der Waals surface area contributed by atoms with Gasteiger partial charge >= 0.3 is 0 Å². The van der Waals surface area contributed by atoms with E-state index in [4.69, 9.17) is 13.8 Å². The number of furan rings is 2. The Labute approximate surface area is 288 Å². The highest BCUT2D eigenvalue weighted by atomic mass is 16.3. The third kappa shape index (κ3) is 4.20. The zero-order chi connectivity index (χ0) is 33.3. The van der Waals surface area contributed by atoms with Crippen molar-refractivity contribution in [2.45, 2.75) is 12.8 Å². The van der Waals surface area contributed by atoms with Crippen LogP contribution in [0.4, 0.5) is 0 Å². The molecule has 6 aromatic carbocycles. The second-order valence-corrected chi connectivity index (χ2v) is 13.0. The van der Waals surface area contributed by atoms with E-state index >= 15 is 0 Å². The molecule has 1 aliphatic carbocycles. The van der Waals surface area contributed by atoms with Crippen molar-refractivity contribution in [2.75, 3.05) is 0 Å². The molecule has 3 aromatic heterocycles. The fourth-order valence-corrected chi connectivity index (χ4v) is 8.01. The molecule has 0 spiro atoms. The van der Waals surface area contributed by atoms with Gasteiger partial charge in [0.1, 0.15) is 16.7 Å². The van der Waals surface area contributed by atoms with Gasteiger partial charge in [0, 0.05) is 16.2 Å². The van der Waals surface area contributed by atoms with E-state index in [1.54, 1.807) is 0 Å². The minimum atomic E-state index is 0.603. The Morgan fingerprint density at radius 2 is 1.30 bits per heavy atom. The van der Waals surface area contributed by atoms with Gasteiger partial charge in [-0.3, -0.25) is 0 Å². The standard InChI is InChI=1S/C47H31NO2/c1-3-33-34(4-2)44(37-16-9-8-15-36(37)43(33)30-20-18-29(19-21-30)28-12-6-5-7-13-28)31-22-24-40-32(26-31)27-39-45-42(50-47(39)48-40)25-23-38-35-14-10-11-17-41(35)49-46(38)45/h3-6,8-12,14-27H,1-2,7,13H2. The summed E-state index contributed by atoms with van der Waals surface area (Å²) in [5.74, 6) is 0. The highest BCUT2D eigenvalue weighted by Gasteiger charge is 2.21. The summed E-state index contributed by atoms with van der Waals surface area (Å²) in [7, 11) is 0. The number of fused-ring (bicyclic) bond motifs is 9. The van der Waals surface area contributed by atoms with Crippen LogP contribution in [0.15, 0.2) is 149 Å². The van der Waals surface area contributed by atoms with Crippen molar-refractivity contribution in [2.24, 2.45) is 0 Å². The molecule has 0 aliphatic heterocycles. The molecule has 50 heavy (non-hydrogen) atoms. The minimum absolute atomic E-state index is 0.603. The van der Waals surface area contributed by atoms with Crippen LogP contribution in [0.5, 0.6) is 0 Å². The Bertz CT molecular complexity index is 2950. The van der Waals surface area contributed by atoms with Crippen LogP contribution in [0.25, 0.3) is 106 Å². The summed E-state index contributed by atoms with van der Waals surface area (Å²) in [6.45, 7) is 8.64. The van der Waals surface area contributed by atoms with Gasteiger partial charge in [-0.05, 0) is 105 Å². The molecule has 0 N–H and O–H groups in total. The van der Waals surface area contributed by atoms with Gasteiger partial charge in [-0.25, -0.2) is 4.98 Å². The zero-order valence-corrected chi connectivity index (χ0v) is 27.4. The van der Waals surface area contributed by atoms with E-state index in [-0.39, 0.29) is 0 Å². The first-order valence-corrected chi connectivity index (χ1v) is 17.1. The molecule has 0 atom stereocenters. The number of rotatable bonds is 5. The second-order valence-electron chi connectivity index (χ2n) is 13.0. The monoisotopic (exact) mass is 641 g/mol. The van der Waals surface area contributed by atoms with Crippen molar-refractivity contribution in [1.29, 1.82) is 0 Å². The highest BCUT2D eigenvalue weighted by Crippen LogP contribution is 2.45. The van der Waals surface area contributed by atoms with E-state index in [9.17, 15) is 0 Å². The van der Waals surface area contributed by atoms with Gasteiger partial charge in [-0.15, -0.1) is 0 Å². The summed E-state index contributed by atoms with van der Waals surface area (Å²) in [5, 5.41) is 7.42. The van der Waals surface area contributed by atoms with Gasteiger partial charge in [-0.2, -0.15) is 0 Å². The number of nitrogens with zero attached hydrogens (tertiary/aromatic N) is 1. The first-order chi connectivity index (χ1) is 24.7. The van der Waals surface area contributed by atoms with Crippen molar-refractivity contribution in [3.63, 3.8) is 0 Å². The Balaban J connectivity index is 1.18. The van der Waals surface area contributed by atoms with E-state index in [1.165, 1.54) is 27.5 Å². The van der Waals surface area contributed by atoms with Gasteiger partial charge < -0.3 is 8.83 Å². The van der Waals surface area contributed by atoms with Crippen LogP contribution in [0.2, 0.25) is 0 Å².